The molecule has 0 radical (unpaired) electrons. The first kappa shape index (κ1) is 20.8. The summed E-state index contributed by atoms with van der Waals surface area (Å²) in [6.45, 7) is 4.67. The standard InChI is InChI=1S/C27H45N/c1-3-5-6-16-27(19-28)17-15-23-21(18-27)11-12-26-24-10-7-9-20(8-4-2)22(24)13-14-25(23)26/h20-26H,3-18H2,1-2H3/t20-,21?,22?,23?,24?,25?,26?,27-/m1/s1. The highest BCUT2D eigenvalue weighted by molar-refractivity contribution is 5.07. The summed E-state index contributed by atoms with van der Waals surface area (Å²) in [4.78, 5) is 0. The second-order valence-electron chi connectivity index (χ2n) is 11.3. The van der Waals surface area contributed by atoms with Crippen molar-refractivity contribution in [3.8, 4) is 6.07 Å². The van der Waals surface area contributed by atoms with E-state index in [0.29, 0.717) is 0 Å². The van der Waals surface area contributed by atoms with Crippen LogP contribution in [0.3, 0.4) is 0 Å². The minimum atomic E-state index is 0.0391. The second-order valence-corrected chi connectivity index (χ2v) is 11.3. The van der Waals surface area contributed by atoms with Crippen LogP contribution < -0.4 is 0 Å². The monoisotopic (exact) mass is 383 g/mol. The van der Waals surface area contributed by atoms with Gasteiger partial charge in [0.2, 0.25) is 0 Å². The molecule has 6 unspecified atom stereocenters. The molecule has 1 heteroatoms. The number of unbranched alkanes of at least 4 members (excludes halogenated alkanes) is 2. The van der Waals surface area contributed by atoms with Crippen molar-refractivity contribution in [3.05, 3.63) is 0 Å². The molecule has 0 aromatic heterocycles. The van der Waals surface area contributed by atoms with Gasteiger partial charge in [-0.2, -0.15) is 5.26 Å². The second kappa shape index (κ2) is 9.10. The molecule has 0 aromatic carbocycles. The van der Waals surface area contributed by atoms with Crippen LogP contribution in [-0.4, -0.2) is 0 Å². The van der Waals surface area contributed by atoms with Crippen LogP contribution in [0.15, 0.2) is 0 Å². The van der Waals surface area contributed by atoms with Crippen LogP contribution in [0.5, 0.6) is 0 Å². The molecular weight excluding hydrogens is 338 g/mol. The van der Waals surface area contributed by atoms with Crippen molar-refractivity contribution in [2.24, 2.45) is 46.8 Å². The molecule has 0 aliphatic heterocycles. The first-order chi connectivity index (χ1) is 13.7. The Morgan fingerprint density at radius 3 is 2.32 bits per heavy atom. The van der Waals surface area contributed by atoms with Gasteiger partial charge in [-0.1, -0.05) is 58.8 Å². The quantitative estimate of drug-likeness (QED) is 0.424. The molecule has 0 heterocycles. The van der Waals surface area contributed by atoms with Crippen molar-refractivity contribution < 1.29 is 0 Å². The van der Waals surface area contributed by atoms with E-state index < -0.39 is 0 Å². The lowest BCUT2D eigenvalue weighted by Crippen LogP contribution is -2.49. The number of nitrogens with zero attached hydrogens (tertiary/aromatic N) is 1. The van der Waals surface area contributed by atoms with Crippen LogP contribution in [0.1, 0.15) is 117 Å². The molecule has 0 saturated heterocycles. The Labute approximate surface area is 175 Å². The summed E-state index contributed by atoms with van der Waals surface area (Å²) in [5.74, 6) is 7.11. The predicted molar refractivity (Wildman–Crippen MR) is 118 cm³/mol. The Kier molecular flexibility index (Phi) is 6.74. The molecule has 1 nitrogen and oxygen atoms in total. The minimum Gasteiger partial charge on any atom is -0.198 e. The summed E-state index contributed by atoms with van der Waals surface area (Å²) >= 11 is 0. The van der Waals surface area contributed by atoms with Crippen molar-refractivity contribution in [2.75, 3.05) is 0 Å². The van der Waals surface area contributed by atoms with Crippen LogP contribution in [-0.2, 0) is 0 Å². The molecule has 0 spiro atoms. The van der Waals surface area contributed by atoms with E-state index in [4.69, 9.17) is 0 Å². The fraction of sp³-hybridized carbons (Fsp3) is 0.963. The predicted octanol–water partition coefficient (Wildman–Crippen LogP) is 8.15. The molecule has 0 amide bonds. The van der Waals surface area contributed by atoms with Gasteiger partial charge in [-0.3, -0.25) is 0 Å². The maximum Gasteiger partial charge on any atom is 0.0689 e. The van der Waals surface area contributed by atoms with Gasteiger partial charge in [0.15, 0.2) is 0 Å². The van der Waals surface area contributed by atoms with Crippen LogP contribution in [0.4, 0.5) is 0 Å². The van der Waals surface area contributed by atoms with E-state index in [1.165, 1.54) is 89.9 Å². The third-order valence-electron chi connectivity index (χ3n) is 9.99. The molecule has 4 aliphatic carbocycles. The highest BCUT2D eigenvalue weighted by Gasteiger charge is 2.52. The van der Waals surface area contributed by atoms with E-state index in [9.17, 15) is 5.26 Å². The number of hydrogen-bond acceptors (Lipinski definition) is 1. The van der Waals surface area contributed by atoms with Gasteiger partial charge in [0.1, 0.15) is 0 Å². The van der Waals surface area contributed by atoms with Gasteiger partial charge in [0.05, 0.1) is 11.5 Å². The highest BCUT2D eigenvalue weighted by atomic mass is 14.6. The van der Waals surface area contributed by atoms with Crippen molar-refractivity contribution >= 4 is 0 Å². The lowest BCUT2D eigenvalue weighted by atomic mass is 9.48. The molecule has 0 aromatic rings. The lowest BCUT2D eigenvalue weighted by Gasteiger charge is -2.57. The molecule has 0 bridgehead atoms. The summed E-state index contributed by atoms with van der Waals surface area (Å²) in [5.41, 5.74) is 0.0391. The summed E-state index contributed by atoms with van der Waals surface area (Å²) < 4.78 is 0. The van der Waals surface area contributed by atoms with Crippen molar-refractivity contribution in [1.29, 1.82) is 5.26 Å². The van der Waals surface area contributed by atoms with E-state index in [0.717, 1.165) is 41.4 Å². The zero-order chi connectivity index (χ0) is 19.6. The van der Waals surface area contributed by atoms with E-state index in [-0.39, 0.29) is 5.41 Å². The number of nitriles is 1. The average molecular weight is 384 g/mol. The number of fused-ring (bicyclic) bond motifs is 5. The van der Waals surface area contributed by atoms with Gasteiger partial charge in [-0.15, -0.1) is 0 Å². The van der Waals surface area contributed by atoms with Gasteiger partial charge in [-0.25, -0.2) is 0 Å². The first-order valence-electron chi connectivity index (χ1n) is 13.1. The molecule has 4 fully saturated rings. The summed E-state index contributed by atoms with van der Waals surface area (Å²) in [6, 6.07) is 2.85. The van der Waals surface area contributed by atoms with Gasteiger partial charge >= 0.3 is 0 Å². The molecule has 28 heavy (non-hydrogen) atoms. The van der Waals surface area contributed by atoms with Crippen LogP contribution >= 0.6 is 0 Å². The molecular formula is C27H45N. The Bertz CT molecular complexity index is 545. The van der Waals surface area contributed by atoms with E-state index in [1.807, 2.05) is 0 Å². The van der Waals surface area contributed by atoms with E-state index in [2.05, 4.69) is 19.9 Å². The maximum absolute atomic E-state index is 10.0. The third kappa shape index (κ3) is 3.91. The zero-order valence-corrected chi connectivity index (χ0v) is 18.8. The molecule has 4 aliphatic rings. The minimum absolute atomic E-state index is 0.0391. The Hall–Kier alpha value is -0.510. The molecule has 158 valence electrons. The summed E-state index contributed by atoms with van der Waals surface area (Å²) in [6.07, 6.45) is 22.4. The topological polar surface area (TPSA) is 23.8 Å². The van der Waals surface area contributed by atoms with Gasteiger partial charge in [-0.05, 0) is 99.2 Å². The number of hydrogen-bond donors (Lipinski definition) is 0. The molecule has 8 atom stereocenters. The molecule has 4 saturated carbocycles. The molecule has 0 N–H and O–H groups in total. The molecule has 4 rings (SSSR count). The van der Waals surface area contributed by atoms with Crippen LogP contribution in [0.25, 0.3) is 0 Å². The van der Waals surface area contributed by atoms with Crippen molar-refractivity contribution in [2.45, 2.75) is 117 Å². The van der Waals surface area contributed by atoms with E-state index in [1.54, 1.807) is 12.8 Å². The van der Waals surface area contributed by atoms with Crippen LogP contribution in [0.2, 0.25) is 0 Å². The Balaban J connectivity index is 1.42. The zero-order valence-electron chi connectivity index (χ0n) is 18.8. The number of rotatable bonds is 6. The summed E-state index contributed by atoms with van der Waals surface area (Å²) in [5, 5.41) is 10.0. The van der Waals surface area contributed by atoms with Crippen molar-refractivity contribution in [1.82, 2.24) is 0 Å². The van der Waals surface area contributed by atoms with Crippen LogP contribution in [0, 0.1) is 58.2 Å². The van der Waals surface area contributed by atoms with E-state index >= 15 is 0 Å². The SMILES string of the molecule is CCCCC[C@@]1(C#N)CCC2C(CCC3C2CCC2C3CCC[C@H]2CCC)C1. The van der Waals surface area contributed by atoms with Gasteiger partial charge in [0.25, 0.3) is 0 Å². The normalized spacial score (nSPS) is 45.4. The van der Waals surface area contributed by atoms with Gasteiger partial charge < -0.3 is 0 Å². The first-order valence-corrected chi connectivity index (χ1v) is 13.1. The third-order valence-corrected chi connectivity index (χ3v) is 9.99. The Morgan fingerprint density at radius 1 is 0.786 bits per heavy atom. The fourth-order valence-electron chi connectivity index (χ4n) is 8.80. The van der Waals surface area contributed by atoms with Crippen molar-refractivity contribution in [3.63, 3.8) is 0 Å². The maximum atomic E-state index is 10.0. The smallest absolute Gasteiger partial charge is 0.0689 e. The average Bonchev–Trinajstić information content (AvgIpc) is 2.73. The highest BCUT2D eigenvalue weighted by Crippen LogP contribution is 2.60. The Morgan fingerprint density at radius 2 is 1.54 bits per heavy atom. The fourth-order valence-corrected chi connectivity index (χ4v) is 8.80. The largest absolute Gasteiger partial charge is 0.198 e. The summed E-state index contributed by atoms with van der Waals surface area (Å²) in [7, 11) is 0. The lowest BCUT2D eigenvalue weighted by molar-refractivity contribution is -0.0717. The van der Waals surface area contributed by atoms with Gasteiger partial charge in [0, 0.05) is 0 Å².